The van der Waals surface area contributed by atoms with Gasteiger partial charge in [-0.25, -0.2) is 0 Å². The Kier molecular flexibility index (Phi) is 8.21. The summed E-state index contributed by atoms with van der Waals surface area (Å²) in [5.41, 5.74) is 14.5. The molecule has 246 valence electrons. The smallest absolute Gasteiger partial charge is 0.0998 e. The van der Waals surface area contributed by atoms with Gasteiger partial charge in [-0.15, -0.1) is 0 Å². The van der Waals surface area contributed by atoms with Crippen LogP contribution >= 0.6 is 0 Å². The van der Waals surface area contributed by atoms with Crippen molar-refractivity contribution in [1.29, 1.82) is 15.8 Å². The first kappa shape index (κ1) is 32.1. The summed E-state index contributed by atoms with van der Waals surface area (Å²) < 4.78 is 2.23. The average Bonchev–Trinajstić information content (AvgIpc) is 3.53. The summed E-state index contributed by atoms with van der Waals surface area (Å²) >= 11 is 0. The lowest BCUT2D eigenvalue weighted by molar-refractivity contribution is 0.876. The van der Waals surface area contributed by atoms with Crippen LogP contribution in [-0.2, 0) is 6.42 Å². The van der Waals surface area contributed by atoms with E-state index in [2.05, 4.69) is 108 Å². The second-order valence-corrected chi connectivity index (χ2v) is 13.1. The van der Waals surface area contributed by atoms with Crippen LogP contribution in [0.5, 0.6) is 0 Å². The molecule has 0 saturated heterocycles. The average molecular weight is 668 g/mol. The first-order valence-electron chi connectivity index (χ1n) is 17.3. The molecule has 2 aliphatic rings. The van der Waals surface area contributed by atoms with Gasteiger partial charge in [0.05, 0.1) is 45.9 Å². The summed E-state index contributed by atoms with van der Waals surface area (Å²) in [6.45, 7) is 6.08. The van der Waals surface area contributed by atoms with Crippen LogP contribution in [0.4, 0.5) is 5.69 Å². The quantitative estimate of drug-likeness (QED) is 0.166. The molecule has 5 nitrogen and oxygen atoms in total. The van der Waals surface area contributed by atoms with Crippen molar-refractivity contribution in [3.63, 3.8) is 0 Å². The maximum atomic E-state index is 10.5. The predicted octanol–water partition coefficient (Wildman–Crippen LogP) is 11.2. The van der Waals surface area contributed by atoms with E-state index >= 15 is 0 Å². The highest BCUT2D eigenvalue weighted by molar-refractivity contribution is 6.09. The summed E-state index contributed by atoms with van der Waals surface area (Å²) in [5, 5.41) is 31.9. The van der Waals surface area contributed by atoms with Gasteiger partial charge in [-0.3, -0.25) is 0 Å². The Labute approximate surface area is 303 Å². The Bertz CT molecular complexity index is 2710. The van der Waals surface area contributed by atoms with E-state index < -0.39 is 0 Å². The Balaban J connectivity index is 1.31. The highest BCUT2D eigenvalue weighted by Gasteiger charge is 2.29. The number of nitrogens with zero attached hydrogens (tertiary/aromatic N) is 5. The number of rotatable bonds is 6. The third-order valence-corrected chi connectivity index (χ3v) is 10.1. The number of hydrogen-bond donors (Lipinski definition) is 0. The molecule has 52 heavy (non-hydrogen) atoms. The van der Waals surface area contributed by atoms with Crippen LogP contribution in [0.25, 0.3) is 44.2 Å². The first-order chi connectivity index (χ1) is 25.5. The van der Waals surface area contributed by atoms with Crippen molar-refractivity contribution in [3.8, 4) is 35.0 Å². The van der Waals surface area contributed by atoms with Crippen molar-refractivity contribution >= 4 is 33.1 Å². The highest BCUT2D eigenvalue weighted by Crippen LogP contribution is 2.44. The van der Waals surface area contributed by atoms with E-state index in [9.17, 15) is 15.8 Å². The van der Waals surface area contributed by atoms with Crippen LogP contribution in [0.2, 0.25) is 0 Å². The molecule has 0 saturated carbocycles. The van der Waals surface area contributed by atoms with Crippen LogP contribution in [0.15, 0.2) is 157 Å². The number of aromatic nitrogens is 1. The Morgan fingerprint density at radius 3 is 2.33 bits per heavy atom. The van der Waals surface area contributed by atoms with Crippen LogP contribution in [0.1, 0.15) is 47.6 Å². The zero-order valence-corrected chi connectivity index (χ0v) is 28.8. The second kappa shape index (κ2) is 13.3. The number of para-hydroxylation sites is 1. The SMILES string of the molecule is C=C/C=C\C1=C(C)Cc2cc(C#N)ccc2N1C1=C(c2cccc(C#N)c2-c2ccc(-n3c4ccccc4c4cc(C#N)ccc43)cc2)C=CCC1. The fraction of sp³-hybridized carbons (Fsp3) is 0.0851. The molecule has 0 atom stereocenters. The molecule has 5 aromatic carbocycles. The Morgan fingerprint density at radius 1 is 0.769 bits per heavy atom. The van der Waals surface area contributed by atoms with E-state index in [0.29, 0.717) is 16.7 Å². The fourth-order valence-electron chi connectivity index (χ4n) is 7.79. The molecule has 8 rings (SSSR count). The monoisotopic (exact) mass is 667 g/mol. The molecule has 0 fully saturated rings. The van der Waals surface area contributed by atoms with Gasteiger partial charge in [-0.1, -0.05) is 73.3 Å². The first-order valence-corrected chi connectivity index (χ1v) is 17.3. The van der Waals surface area contributed by atoms with Crippen molar-refractivity contribution in [2.45, 2.75) is 26.2 Å². The Hall–Kier alpha value is -7.13. The van der Waals surface area contributed by atoms with Gasteiger partial charge in [0.15, 0.2) is 0 Å². The molecule has 1 aliphatic heterocycles. The van der Waals surface area contributed by atoms with E-state index in [1.165, 1.54) is 5.57 Å². The van der Waals surface area contributed by atoms with Gasteiger partial charge in [-0.05, 0) is 115 Å². The molecule has 5 heteroatoms. The van der Waals surface area contributed by atoms with E-state index in [4.69, 9.17) is 0 Å². The standard InChI is InChI=1S/C47H33N5/c1-3-4-14-42-31(2)25-36-26-32(28-48)17-23-43(36)52(42)45-16-8-5-11-38(45)40-13-9-10-35(30-50)47(40)34-19-21-37(22-20-34)51-44-15-7-6-12-39(44)41-27-33(29-49)18-24-46(41)51/h3-7,9-15,17-24,26-27H,1,8,16,25H2,2H3/b14-4-. The maximum Gasteiger partial charge on any atom is 0.0998 e. The van der Waals surface area contributed by atoms with Crippen molar-refractivity contribution < 1.29 is 0 Å². The van der Waals surface area contributed by atoms with Crippen LogP contribution in [0, 0.1) is 34.0 Å². The van der Waals surface area contributed by atoms with Gasteiger partial charge >= 0.3 is 0 Å². The van der Waals surface area contributed by atoms with Gasteiger partial charge in [-0.2, -0.15) is 15.8 Å². The number of hydrogen-bond acceptors (Lipinski definition) is 4. The van der Waals surface area contributed by atoms with E-state index in [-0.39, 0.29) is 0 Å². The Morgan fingerprint density at radius 2 is 1.54 bits per heavy atom. The maximum absolute atomic E-state index is 10.5. The summed E-state index contributed by atoms with van der Waals surface area (Å²) in [4.78, 5) is 2.35. The lowest BCUT2D eigenvalue weighted by atomic mass is 9.86. The van der Waals surface area contributed by atoms with Crippen molar-refractivity contribution in [1.82, 2.24) is 4.57 Å². The molecule has 0 spiro atoms. The second-order valence-electron chi connectivity index (χ2n) is 13.1. The minimum atomic E-state index is 0.605. The molecular weight excluding hydrogens is 635 g/mol. The summed E-state index contributed by atoms with van der Waals surface area (Å²) in [6, 6.07) is 41.6. The molecule has 0 bridgehead atoms. The summed E-state index contributed by atoms with van der Waals surface area (Å²) in [6.07, 6.45) is 12.7. The van der Waals surface area contributed by atoms with Gasteiger partial charge in [0.1, 0.15) is 0 Å². The lowest BCUT2D eigenvalue weighted by Crippen LogP contribution is -2.28. The van der Waals surface area contributed by atoms with Crippen LogP contribution < -0.4 is 4.90 Å². The third-order valence-electron chi connectivity index (χ3n) is 10.1. The van der Waals surface area contributed by atoms with E-state index in [0.717, 1.165) is 91.7 Å². The van der Waals surface area contributed by atoms with Crippen molar-refractivity contribution in [2.24, 2.45) is 0 Å². The molecule has 2 heterocycles. The van der Waals surface area contributed by atoms with E-state index in [1.807, 2.05) is 60.7 Å². The van der Waals surface area contributed by atoms with Gasteiger partial charge in [0.2, 0.25) is 0 Å². The molecule has 6 aromatic rings. The topological polar surface area (TPSA) is 79.5 Å². The minimum absolute atomic E-state index is 0.605. The van der Waals surface area contributed by atoms with Gasteiger partial charge in [0.25, 0.3) is 0 Å². The number of fused-ring (bicyclic) bond motifs is 4. The highest BCUT2D eigenvalue weighted by atomic mass is 15.2. The van der Waals surface area contributed by atoms with Crippen LogP contribution in [0.3, 0.4) is 0 Å². The number of benzene rings is 5. The number of nitriles is 3. The van der Waals surface area contributed by atoms with Gasteiger partial charge < -0.3 is 9.47 Å². The summed E-state index contributed by atoms with van der Waals surface area (Å²) in [7, 11) is 0. The minimum Gasteiger partial charge on any atom is -0.313 e. The lowest BCUT2D eigenvalue weighted by Gasteiger charge is -2.38. The largest absolute Gasteiger partial charge is 0.313 e. The fourth-order valence-corrected chi connectivity index (χ4v) is 7.79. The molecule has 0 amide bonds. The van der Waals surface area contributed by atoms with Crippen molar-refractivity contribution in [2.75, 3.05) is 4.90 Å². The van der Waals surface area contributed by atoms with Gasteiger partial charge in [0, 0.05) is 44.7 Å². The summed E-state index contributed by atoms with van der Waals surface area (Å²) in [5.74, 6) is 0. The molecular formula is C47H33N5. The normalized spacial score (nSPS) is 14.1. The zero-order chi connectivity index (χ0) is 35.8. The molecule has 1 aliphatic carbocycles. The third kappa shape index (κ3) is 5.32. The van der Waals surface area contributed by atoms with Crippen molar-refractivity contribution in [3.05, 3.63) is 185 Å². The molecule has 1 aromatic heterocycles. The zero-order valence-electron chi connectivity index (χ0n) is 28.8. The van der Waals surface area contributed by atoms with E-state index in [1.54, 1.807) is 6.08 Å². The number of anilines is 1. The molecule has 0 N–H and O–H groups in total. The molecule has 0 unspecified atom stereocenters. The molecule has 0 radical (unpaired) electrons. The number of allylic oxidation sites excluding steroid dienone is 8. The van der Waals surface area contributed by atoms with Crippen LogP contribution in [-0.4, -0.2) is 4.57 Å². The predicted molar refractivity (Wildman–Crippen MR) is 210 cm³/mol.